The molecule has 2 atom stereocenters. The van der Waals surface area contributed by atoms with Crippen molar-refractivity contribution >= 4 is 10.2 Å². The minimum Gasteiger partial charge on any atom is -0.375 e. The quantitative estimate of drug-likeness (QED) is 0.809. The highest BCUT2D eigenvalue weighted by Gasteiger charge is 2.38. The fourth-order valence-corrected chi connectivity index (χ4v) is 4.92. The molecule has 0 spiro atoms. The van der Waals surface area contributed by atoms with Crippen molar-refractivity contribution in [3.8, 4) is 0 Å². The normalized spacial score (nSPS) is 30.6. The van der Waals surface area contributed by atoms with E-state index in [0.717, 1.165) is 25.9 Å². The second-order valence-electron chi connectivity index (χ2n) is 6.22. The number of rotatable bonds is 5. The zero-order chi connectivity index (χ0) is 15.5. The van der Waals surface area contributed by atoms with Crippen molar-refractivity contribution < 1.29 is 13.2 Å². The second-order valence-corrected chi connectivity index (χ2v) is 8.10. The molecule has 1 N–H and O–H groups in total. The standard InChI is InChI=1S/C14H29N3O3S/c1-4-15-9-14-5-7-16(8-6-14)21(18,19)17-10-13(3)20-11-12(17)2/h12-15H,4-11H2,1-3H3/t12-,13-/m1/s1. The number of nitrogens with one attached hydrogen (secondary N) is 1. The summed E-state index contributed by atoms with van der Waals surface area (Å²) >= 11 is 0. The molecule has 2 rings (SSSR count). The van der Waals surface area contributed by atoms with Crippen LogP contribution in [0.15, 0.2) is 0 Å². The predicted octanol–water partition coefficient (Wildman–Crippen LogP) is 0.662. The molecule has 0 aromatic rings. The van der Waals surface area contributed by atoms with Crippen LogP contribution in [-0.2, 0) is 14.9 Å². The summed E-state index contributed by atoms with van der Waals surface area (Å²) in [5.41, 5.74) is 0. The Morgan fingerprint density at radius 3 is 2.52 bits per heavy atom. The summed E-state index contributed by atoms with van der Waals surface area (Å²) in [5, 5.41) is 3.35. The molecule has 0 unspecified atom stereocenters. The molecule has 0 aromatic carbocycles. The zero-order valence-corrected chi connectivity index (χ0v) is 14.2. The Bertz CT molecular complexity index is 421. The van der Waals surface area contributed by atoms with Gasteiger partial charge in [-0.2, -0.15) is 17.0 Å². The Hall–Kier alpha value is -0.210. The lowest BCUT2D eigenvalue weighted by Crippen LogP contribution is -2.56. The van der Waals surface area contributed by atoms with Gasteiger partial charge in [0.05, 0.1) is 12.7 Å². The van der Waals surface area contributed by atoms with Crippen LogP contribution < -0.4 is 5.32 Å². The molecule has 0 amide bonds. The molecule has 21 heavy (non-hydrogen) atoms. The van der Waals surface area contributed by atoms with Gasteiger partial charge >= 0.3 is 0 Å². The molecule has 0 aliphatic carbocycles. The number of nitrogens with zero attached hydrogens (tertiary/aromatic N) is 2. The molecule has 2 heterocycles. The van der Waals surface area contributed by atoms with E-state index in [1.807, 2.05) is 13.8 Å². The van der Waals surface area contributed by atoms with Gasteiger partial charge in [0.1, 0.15) is 0 Å². The maximum atomic E-state index is 12.8. The van der Waals surface area contributed by atoms with Crippen molar-refractivity contribution in [3.05, 3.63) is 0 Å². The first-order valence-electron chi connectivity index (χ1n) is 8.04. The topological polar surface area (TPSA) is 61.9 Å². The van der Waals surface area contributed by atoms with Crippen molar-refractivity contribution in [1.82, 2.24) is 13.9 Å². The predicted molar refractivity (Wildman–Crippen MR) is 83.3 cm³/mol. The SMILES string of the molecule is CCNCC1CCN(S(=O)(=O)N2C[C@@H](C)OC[C@H]2C)CC1. The fourth-order valence-electron chi connectivity index (χ4n) is 3.04. The summed E-state index contributed by atoms with van der Waals surface area (Å²) in [6.07, 6.45) is 1.86. The summed E-state index contributed by atoms with van der Waals surface area (Å²) in [4.78, 5) is 0. The van der Waals surface area contributed by atoms with E-state index in [2.05, 4.69) is 12.2 Å². The molecule has 2 aliphatic heterocycles. The minimum absolute atomic E-state index is 0.0257. The number of hydrogen-bond donors (Lipinski definition) is 1. The Labute approximate surface area is 129 Å². The van der Waals surface area contributed by atoms with Crippen molar-refractivity contribution in [3.63, 3.8) is 0 Å². The van der Waals surface area contributed by atoms with Gasteiger partial charge in [-0.05, 0) is 45.7 Å². The molecule has 0 radical (unpaired) electrons. The maximum absolute atomic E-state index is 12.8. The Balaban J connectivity index is 1.94. The van der Waals surface area contributed by atoms with E-state index < -0.39 is 10.2 Å². The zero-order valence-electron chi connectivity index (χ0n) is 13.4. The first-order chi connectivity index (χ1) is 9.95. The van der Waals surface area contributed by atoms with E-state index in [1.54, 1.807) is 8.61 Å². The first kappa shape index (κ1) is 17.1. The van der Waals surface area contributed by atoms with Gasteiger partial charge in [0.15, 0.2) is 0 Å². The number of morpholine rings is 1. The molecule has 124 valence electrons. The van der Waals surface area contributed by atoms with Crippen molar-refractivity contribution in [2.75, 3.05) is 39.3 Å². The van der Waals surface area contributed by atoms with E-state index in [9.17, 15) is 8.42 Å². The van der Waals surface area contributed by atoms with E-state index in [1.165, 1.54) is 0 Å². The Morgan fingerprint density at radius 1 is 1.24 bits per heavy atom. The summed E-state index contributed by atoms with van der Waals surface area (Å²) in [7, 11) is -3.34. The lowest BCUT2D eigenvalue weighted by atomic mass is 9.98. The first-order valence-corrected chi connectivity index (χ1v) is 9.44. The third-order valence-electron chi connectivity index (χ3n) is 4.43. The van der Waals surface area contributed by atoms with Crippen LogP contribution in [0.4, 0.5) is 0 Å². The smallest absolute Gasteiger partial charge is 0.282 e. The molecular weight excluding hydrogens is 290 g/mol. The van der Waals surface area contributed by atoms with Crippen LogP contribution in [0.25, 0.3) is 0 Å². The van der Waals surface area contributed by atoms with Gasteiger partial charge < -0.3 is 10.1 Å². The minimum atomic E-state index is -3.34. The van der Waals surface area contributed by atoms with Crippen molar-refractivity contribution in [2.45, 2.75) is 45.8 Å². The van der Waals surface area contributed by atoms with E-state index in [0.29, 0.717) is 32.2 Å². The van der Waals surface area contributed by atoms with Crippen LogP contribution in [0.1, 0.15) is 33.6 Å². The van der Waals surface area contributed by atoms with Gasteiger partial charge in [-0.1, -0.05) is 6.92 Å². The fraction of sp³-hybridized carbons (Fsp3) is 1.00. The van der Waals surface area contributed by atoms with Gasteiger partial charge in [-0.25, -0.2) is 0 Å². The largest absolute Gasteiger partial charge is 0.375 e. The van der Waals surface area contributed by atoms with Crippen molar-refractivity contribution in [2.24, 2.45) is 5.92 Å². The van der Waals surface area contributed by atoms with Crippen LogP contribution in [0, 0.1) is 5.92 Å². The molecule has 2 saturated heterocycles. The molecule has 7 heteroatoms. The van der Waals surface area contributed by atoms with E-state index in [-0.39, 0.29) is 12.1 Å². The number of piperidine rings is 1. The highest BCUT2D eigenvalue weighted by Crippen LogP contribution is 2.24. The van der Waals surface area contributed by atoms with Crippen LogP contribution in [-0.4, -0.2) is 68.5 Å². The Kier molecular flexibility index (Phi) is 6.02. The molecule has 0 saturated carbocycles. The molecular formula is C14H29N3O3S. The lowest BCUT2D eigenvalue weighted by molar-refractivity contribution is -0.0194. The lowest BCUT2D eigenvalue weighted by Gasteiger charge is -2.40. The average molecular weight is 319 g/mol. The third kappa shape index (κ3) is 4.16. The van der Waals surface area contributed by atoms with Crippen LogP contribution in [0.3, 0.4) is 0 Å². The maximum Gasteiger partial charge on any atom is 0.282 e. The molecule has 2 fully saturated rings. The monoisotopic (exact) mass is 319 g/mol. The highest BCUT2D eigenvalue weighted by molar-refractivity contribution is 7.86. The summed E-state index contributed by atoms with van der Waals surface area (Å²) in [6, 6.07) is -0.0781. The summed E-state index contributed by atoms with van der Waals surface area (Å²) < 4.78 is 34.4. The number of ether oxygens (including phenoxy) is 1. The summed E-state index contributed by atoms with van der Waals surface area (Å²) in [5.74, 6) is 0.595. The molecule has 2 aliphatic rings. The van der Waals surface area contributed by atoms with E-state index in [4.69, 9.17) is 4.74 Å². The average Bonchev–Trinajstić information content (AvgIpc) is 2.48. The third-order valence-corrected chi connectivity index (χ3v) is 6.55. The highest BCUT2D eigenvalue weighted by atomic mass is 32.2. The van der Waals surface area contributed by atoms with Crippen LogP contribution in [0.5, 0.6) is 0 Å². The Morgan fingerprint density at radius 2 is 1.90 bits per heavy atom. The van der Waals surface area contributed by atoms with Gasteiger partial charge in [0.25, 0.3) is 10.2 Å². The molecule has 6 nitrogen and oxygen atoms in total. The van der Waals surface area contributed by atoms with Gasteiger partial charge in [-0.3, -0.25) is 0 Å². The van der Waals surface area contributed by atoms with E-state index >= 15 is 0 Å². The van der Waals surface area contributed by atoms with Gasteiger partial charge in [0.2, 0.25) is 0 Å². The van der Waals surface area contributed by atoms with Crippen LogP contribution >= 0.6 is 0 Å². The van der Waals surface area contributed by atoms with Gasteiger partial charge in [0, 0.05) is 25.7 Å². The van der Waals surface area contributed by atoms with Crippen molar-refractivity contribution in [1.29, 1.82) is 0 Å². The second kappa shape index (κ2) is 7.37. The summed E-state index contributed by atoms with van der Waals surface area (Å²) in [6.45, 7) is 10.1. The molecule has 0 aromatic heterocycles. The number of hydrogen-bond acceptors (Lipinski definition) is 4. The van der Waals surface area contributed by atoms with Gasteiger partial charge in [-0.15, -0.1) is 0 Å². The molecule has 0 bridgehead atoms. The van der Waals surface area contributed by atoms with Crippen LogP contribution in [0.2, 0.25) is 0 Å².